The van der Waals surface area contributed by atoms with Crippen LogP contribution >= 0.6 is 0 Å². The maximum Gasteiger partial charge on any atom is 0.0394 e. The lowest BCUT2D eigenvalue weighted by molar-refractivity contribution is 0.245. The summed E-state index contributed by atoms with van der Waals surface area (Å²) in [7, 11) is 0. The van der Waals surface area contributed by atoms with Crippen molar-refractivity contribution in [1.82, 2.24) is 5.32 Å². The first-order valence-electron chi connectivity index (χ1n) is 8.94. The molecule has 3 aliphatic carbocycles. The van der Waals surface area contributed by atoms with E-state index in [4.69, 9.17) is 11.1 Å². The van der Waals surface area contributed by atoms with Crippen molar-refractivity contribution in [3.8, 4) is 0 Å². The molecular weight excluding hydrogens is 258 g/mol. The summed E-state index contributed by atoms with van der Waals surface area (Å²) in [6.45, 7) is 3.21. The maximum atomic E-state index is 8.56. The van der Waals surface area contributed by atoms with Gasteiger partial charge >= 0.3 is 0 Å². The largest absolute Gasteiger partial charge is 0.388 e. The van der Waals surface area contributed by atoms with Crippen LogP contribution in [0.1, 0.15) is 58.3 Å². The van der Waals surface area contributed by atoms with E-state index in [1.54, 1.807) is 0 Å². The first-order chi connectivity index (χ1) is 10.2. The number of hydrogen-bond acceptors (Lipinski definition) is 3. The topological polar surface area (TPSA) is 61.9 Å². The van der Waals surface area contributed by atoms with E-state index in [1.165, 1.54) is 56.9 Å². The van der Waals surface area contributed by atoms with Crippen LogP contribution in [0.5, 0.6) is 0 Å². The molecule has 0 aromatic heterocycles. The van der Waals surface area contributed by atoms with Gasteiger partial charge in [0.15, 0.2) is 0 Å². The van der Waals surface area contributed by atoms with Gasteiger partial charge in [-0.05, 0) is 62.0 Å². The van der Waals surface area contributed by atoms with Gasteiger partial charge < -0.3 is 16.5 Å². The summed E-state index contributed by atoms with van der Waals surface area (Å²) < 4.78 is 0. The fourth-order valence-corrected chi connectivity index (χ4v) is 4.04. The zero-order valence-corrected chi connectivity index (χ0v) is 13.4. The number of nitrogens with one attached hydrogen (secondary N) is 2. The second-order valence-corrected chi connectivity index (χ2v) is 7.59. The molecule has 0 saturated heterocycles. The molecule has 2 unspecified atom stereocenters. The lowest BCUT2D eigenvalue weighted by atomic mass is 9.74. The van der Waals surface area contributed by atoms with Crippen LogP contribution < -0.4 is 11.1 Å². The number of hydrogen-bond donors (Lipinski definition) is 3. The third kappa shape index (κ3) is 3.50. The summed E-state index contributed by atoms with van der Waals surface area (Å²) in [4.78, 5) is 0. The predicted octanol–water partition coefficient (Wildman–Crippen LogP) is 3.45. The minimum Gasteiger partial charge on any atom is -0.388 e. The zero-order chi connectivity index (χ0) is 14.8. The molecular formula is C18H31N3. The van der Waals surface area contributed by atoms with Gasteiger partial charge in [-0.3, -0.25) is 0 Å². The highest BCUT2D eigenvalue weighted by molar-refractivity contribution is 6.01. The van der Waals surface area contributed by atoms with Crippen LogP contribution in [0.3, 0.4) is 0 Å². The van der Waals surface area contributed by atoms with Gasteiger partial charge in [0.25, 0.3) is 0 Å². The van der Waals surface area contributed by atoms with Gasteiger partial charge in [-0.25, -0.2) is 0 Å². The van der Waals surface area contributed by atoms with Crippen molar-refractivity contribution in [3.05, 3.63) is 11.8 Å². The van der Waals surface area contributed by atoms with Crippen LogP contribution in [-0.2, 0) is 0 Å². The van der Waals surface area contributed by atoms with E-state index in [9.17, 15) is 0 Å². The Balaban J connectivity index is 1.65. The molecule has 0 bridgehead atoms. The molecule has 118 valence electrons. The van der Waals surface area contributed by atoms with Gasteiger partial charge in [0.05, 0.1) is 0 Å². The zero-order valence-electron chi connectivity index (χ0n) is 13.4. The van der Waals surface area contributed by atoms with E-state index < -0.39 is 0 Å². The Bertz CT molecular complexity index is 405. The van der Waals surface area contributed by atoms with Crippen molar-refractivity contribution >= 4 is 5.71 Å². The van der Waals surface area contributed by atoms with Crippen molar-refractivity contribution in [2.24, 2.45) is 29.4 Å². The minimum atomic E-state index is 0.561. The average Bonchev–Trinajstić information content (AvgIpc) is 3.26. The molecule has 0 amide bonds. The Morgan fingerprint density at radius 1 is 1.19 bits per heavy atom. The van der Waals surface area contributed by atoms with E-state index in [0.717, 1.165) is 24.1 Å². The monoisotopic (exact) mass is 289 g/mol. The molecule has 3 rings (SSSR count). The van der Waals surface area contributed by atoms with E-state index in [1.807, 2.05) is 0 Å². The Kier molecular flexibility index (Phi) is 4.68. The SMILES string of the molecule is CC1CCCCC1/C(=C/NC1CC(CN)C1)C(=N)C1CC1. The van der Waals surface area contributed by atoms with Crippen LogP contribution in [0.2, 0.25) is 0 Å². The summed E-state index contributed by atoms with van der Waals surface area (Å²) in [6.07, 6.45) is 12.4. The lowest BCUT2D eigenvalue weighted by Crippen LogP contribution is -2.42. The van der Waals surface area contributed by atoms with Crippen molar-refractivity contribution in [1.29, 1.82) is 5.41 Å². The molecule has 2 atom stereocenters. The van der Waals surface area contributed by atoms with Crippen LogP contribution in [-0.4, -0.2) is 18.3 Å². The quantitative estimate of drug-likeness (QED) is 0.656. The second-order valence-electron chi connectivity index (χ2n) is 7.59. The Hall–Kier alpha value is -0.830. The highest BCUT2D eigenvalue weighted by Gasteiger charge is 2.35. The highest BCUT2D eigenvalue weighted by atomic mass is 14.9. The van der Waals surface area contributed by atoms with Gasteiger partial charge in [0, 0.05) is 23.9 Å². The molecule has 0 aromatic rings. The first-order valence-corrected chi connectivity index (χ1v) is 8.94. The summed E-state index contributed by atoms with van der Waals surface area (Å²) in [5.41, 5.74) is 7.98. The van der Waals surface area contributed by atoms with Gasteiger partial charge in [0.1, 0.15) is 0 Å². The predicted molar refractivity (Wildman–Crippen MR) is 88.4 cm³/mol. The van der Waals surface area contributed by atoms with Crippen LogP contribution in [0.4, 0.5) is 0 Å². The van der Waals surface area contributed by atoms with E-state index in [-0.39, 0.29) is 0 Å². The summed E-state index contributed by atoms with van der Waals surface area (Å²) in [6, 6.07) is 0.597. The molecule has 3 saturated carbocycles. The van der Waals surface area contributed by atoms with Gasteiger partial charge in [0.2, 0.25) is 0 Å². The third-order valence-electron chi connectivity index (χ3n) is 5.85. The average molecular weight is 289 g/mol. The van der Waals surface area contributed by atoms with Crippen LogP contribution in [0.25, 0.3) is 0 Å². The normalized spacial score (nSPS) is 37.0. The fourth-order valence-electron chi connectivity index (χ4n) is 4.04. The van der Waals surface area contributed by atoms with Crippen molar-refractivity contribution in [3.63, 3.8) is 0 Å². The first kappa shape index (κ1) is 15.1. The fraction of sp³-hybridized carbons (Fsp3) is 0.833. The van der Waals surface area contributed by atoms with E-state index in [0.29, 0.717) is 17.9 Å². The number of nitrogens with two attached hydrogens (primary N) is 1. The third-order valence-corrected chi connectivity index (χ3v) is 5.85. The second kappa shape index (κ2) is 6.51. The maximum absolute atomic E-state index is 8.56. The molecule has 3 fully saturated rings. The smallest absolute Gasteiger partial charge is 0.0394 e. The Labute approximate surface area is 129 Å². The Morgan fingerprint density at radius 3 is 2.52 bits per heavy atom. The molecule has 0 aromatic carbocycles. The lowest BCUT2D eigenvalue weighted by Gasteiger charge is -2.36. The molecule has 21 heavy (non-hydrogen) atoms. The molecule has 0 spiro atoms. The molecule has 0 heterocycles. The summed E-state index contributed by atoms with van der Waals surface area (Å²) in [5.74, 6) is 2.63. The van der Waals surface area contributed by atoms with Gasteiger partial charge in [-0.2, -0.15) is 0 Å². The summed E-state index contributed by atoms with van der Waals surface area (Å²) in [5, 5.41) is 12.2. The van der Waals surface area contributed by atoms with Crippen LogP contribution in [0.15, 0.2) is 11.8 Å². The van der Waals surface area contributed by atoms with Gasteiger partial charge in [-0.15, -0.1) is 0 Å². The number of allylic oxidation sites excluding steroid dienone is 1. The molecule has 0 radical (unpaired) electrons. The molecule has 3 nitrogen and oxygen atoms in total. The van der Waals surface area contributed by atoms with E-state index >= 15 is 0 Å². The van der Waals surface area contributed by atoms with Crippen LogP contribution in [0, 0.1) is 29.1 Å². The van der Waals surface area contributed by atoms with Gasteiger partial charge in [-0.1, -0.05) is 26.2 Å². The molecule has 0 aliphatic heterocycles. The highest BCUT2D eigenvalue weighted by Crippen LogP contribution is 2.40. The number of rotatable bonds is 6. The van der Waals surface area contributed by atoms with E-state index in [2.05, 4.69) is 18.4 Å². The molecule has 3 heteroatoms. The molecule has 3 aliphatic rings. The van der Waals surface area contributed by atoms with Crippen molar-refractivity contribution < 1.29 is 0 Å². The Morgan fingerprint density at radius 2 is 1.90 bits per heavy atom. The van der Waals surface area contributed by atoms with Crippen molar-refractivity contribution in [2.45, 2.75) is 64.3 Å². The standard InChI is InChI=1S/C18H31N3/c1-12-4-2-3-5-16(12)17(18(20)14-6-7-14)11-21-15-8-13(9-15)10-19/h11-16,20-21H,2-10,19H2,1H3/b17-11-,20-18?. The van der Waals surface area contributed by atoms with Crippen molar-refractivity contribution in [2.75, 3.05) is 6.54 Å². The summed E-state index contributed by atoms with van der Waals surface area (Å²) >= 11 is 0. The minimum absolute atomic E-state index is 0.561. The molecule has 4 N–H and O–H groups in total.